The first-order chi connectivity index (χ1) is 20.9. The number of benzene rings is 2. The van der Waals surface area contributed by atoms with Crippen molar-refractivity contribution in [2.45, 2.75) is 32.9 Å². The van der Waals surface area contributed by atoms with Crippen molar-refractivity contribution in [1.82, 2.24) is 19.9 Å². The molecule has 1 aliphatic heterocycles. The predicted molar refractivity (Wildman–Crippen MR) is 173 cm³/mol. The summed E-state index contributed by atoms with van der Waals surface area (Å²) in [5.74, 6) is 1.32. The third kappa shape index (κ3) is 5.72. The van der Waals surface area contributed by atoms with Crippen molar-refractivity contribution < 1.29 is 9.53 Å². The Hall–Kier alpha value is -5.02. The van der Waals surface area contributed by atoms with Gasteiger partial charge in [-0.15, -0.1) is 0 Å². The molecule has 9 heteroatoms. The number of rotatable bonds is 8. The summed E-state index contributed by atoms with van der Waals surface area (Å²) in [7, 11) is 0. The minimum Gasteiger partial charge on any atom is -0.484 e. The molecule has 3 aromatic heterocycles. The molecule has 0 spiro atoms. The lowest BCUT2D eigenvalue weighted by molar-refractivity contribution is -0.118. The van der Waals surface area contributed by atoms with Gasteiger partial charge in [-0.3, -0.25) is 9.78 Å². The van der Waals surface area contributed by atoms with Crippen LogP contribution >= 0.6 is 12.2 Å². The van der Waals surface area contributed by atoms with E-state index in [1.165, 1.54) is 0 Å². The average Bonchev–Trinajstić information content (AvgIpc) is 3.52. The average molecular weight is 589 g/mol. The number of amides is 1. The van der Waals surface area contributed by atoms with Crippen molar-refractivity contribution in [2.75, 3.05) is 16.8 Å². The Kier molecular flexibility index (Phi) is 7.89. The normalized spacial score (nSPS) is 16.2. The van der Waals surface area contributed by atoms with Crippen molar-refractivity contribution in [2.24, 2.45) is 0 Å². The van der Waals surface area contributed by atoms with Crippen LogP contribution in [0.3, 0.4) is 0 Å². The van der Waals surface area contributed by atoms with Gasteiger partial charge < -0.3 is 24.8 Å². The SMILES string of the molecule is Cc1cccnc1-n1c(C)cc(C2C(c3ccccn3)NC(=S)N2c2ccc(NC(=O)COc3ccccc3)cc2)c1C. The van der Waals surface area contributed by atoms with E-state index in [4.69, 9.17) is 21.9 Å². The van der Waals surface area contributed by atoms with E-state index >= 15 is 0 Å². The first-order valence-corrected chi connectivity index (χ1v) is 14.5. The first-order valence-electron chi connectivity index (χ1n) is 14.1. The number of nitrogens with zero attached hydrogens (tertiary/aromatic N) is 4. The van der Waals surface area contributed by atoms with E-state index in [0.29, 0.717) is 16.5 Å². The number of carbonyl (C=O) groups is 1. The summed E-state index contributed by atoms with van der Waals surface area (Å²) >= 11 is 5.94. The fraction of sp³-hybridized carbons (Fsp3) is 0.176. The van der Waals surface area contributed by atoms with Crippen LogP contribution in [0, 0.1) is 20.8 Å². The van der Waals surface area contributed by atoms with Gasteiger partial charge in [-0.25, -0.2) is 4.98 Å². The minimum absolute atomic E-state index is 0.0783. The molecule has 0 bridgehead atoms. The largest absolute Gasteiger partial charge is 0.484 e. The summed E-state index contributed by atoms with van der Waals surface area (Å²) in [6.45, 7) is 6.22. The Balaban J connectivity index is 1.31. The molecule has 0 radical (unpaired) electrons. The van der Waals surface area contributed by atoms with E-state index in [0.717, 1.165) is 39.7 Å². The van der Waals surface area contributed by atoms with Crippen LogP contribution in [0.25, 0.3) is 5.82 Å². The van der Waals surface area contributed by atoms with E-state index in [1.54, 1.807) is 6.20 Å². The second-order valence-electron chi connectivity index (χ2n) is 10.5. The van der Waals surface area contributed by atoms with Gasteiger partial charge in [0.25, 0.3) is 5.91 Å². The summed E-state index contributed by atoms with van der Waals surface area (Å²) in [6.07, 6.45) is 3.63. The molecule has 8 nitrogen and oxygen atoms in total. The Morgan fingerprint density at radius 2 is 1.67 bits per heavy atom. The monoisotopic (exact) mass is 588 g/mol. The zero-order chi connectivity index (χ0) is 29.9. The molecule has 1 amide bonds. The number of thiocarbonyl (C=S) groups is 1. The maximum absolute atomic E-state index is 12.5. The Labute approximate surface area is 256 Å². The van der Waals surface area contributed by atoms with Crippen molar-refractivity contribution in [3.63, 3.8) is 0 Å². The lowest BCUT2D eigenvalue weighted by Crippen LogP contribution is -2.29. The summed E-state index contributed by atoms with van der Waals surface area (Å²) < 4.78 is 7.78. The van der Waals surface area contributed by atoms with Gasteiger partial charge in [0.05, 0.1) is 17.8 Å². The topological polar surface area (TPSA) is 84.3 Å². The van der Waals surface area contributed by atoms with E-state index in [1.807, 2.05) is 85.1 Å². The number of para-hydroxylation sites is 1. The van der Waals surface area contributed by atoms with Crippen LogP contribution in [0.5, 0.6) is 5.75 Å². The lowest BCUT2D eigenvalue weighted by Gasteiger charge is -2.28. The number of ether oxygens (including phenoxy) is 1. The van der Waals surface area contributed by atoms with Crippen LogP contribution in [-0.2, 0) is 4.79 Å². The third-order valence-electron chi connectivity index (χ3n) is 7.62. The molecule has 5 aromatic rings. The van der Waals surface area contributed by atoms with Crippen molar-refractivity contribution in [3.05, 3.63) is 132 Å². The molecule has 0 saturated carbocycles. The standard InChI is InChI=1S/C34H32N6O2S/c1-22-10-9-19-36-33(22)39-23(2)20-28(24(39)3)32-31(29-13-7-8-18-35-29)38-34(43)40(32)26-16-14-25(15-17-26)37-30(41)21-42-27-11-5-4-6-12-27/h4-20,31-32H,21H2,1-3H3,(H,37,41)(H,38,43). The summed E-state index contributed by atoms with van der Waals surface area (Å²) in [4.78, 5) is 24.1. The van der Waals surface area contributed by atoms with E-state index < -0.39 is 0 Å². The van der Waals surface area contributed by atoms with Gasteiger partial charge in [0.15, 0.2) is 11.7 Å². The molecular weight excluding hydrogens is 556 g/mol. The van der Waals surface area contributed by atoms with Crippen LogP contribution < -0.4 is 20.3 Å². The Morgan fingerprint density at radius 3 is 2.40 bits per heavy atom. The van der Waals surface area contributed by atoms with E-state index in [9.17, 15) is 4.79 Å². The molecule has 2 aromatic carbocycles. The molecule has 0 aliphatic carbocycles. The fourth-order valence-corrected chi connectivity index (χ4v) is 5.99. The third-order valence-corrected chi connectivity index (χ3v) is 7.94. The van der Waals surface area contributed by atoms with Crippen LogP contribution in [0.15, 0.2) is 103 Å². The maximum atomic E-state index is 12.5. The molecule has 2 N–H and O–H groups in total. The fourth-order valence-electron chi connectivity index (χ4n) is 5.64. The number of hydrogen-bond acceptors (Lipinski definition) is 5. The quantitative estimate of drug-likeness (QED) is 0.203. The highest BCUT2D eigenvalue weighted by atomic mass is 32.1. The number of hydrogen-bond donors (Lipinski definition) is 2. The number of anilines is 2. The second kappa shape index (κ2) is 12.1. The number of nitrogens with one attached hydrogen (secondary N) is 2. The van der Waals surface area contributed by atoms with Crippen molar-refractivity contribution in [3.8, 4) is 11.6 Å². The molecule has 1 fully saturated rings. The van der Waals surface area contributed by atoms with Crippen LogP contribution in [-0.4, -0.2) is 32.2 Å². The van der Waals surface area contributed by atoms with Gasteiger partial charge in [-0.2, -0.15) is 0 Å². The smallest absolute Gasteiger partial charge is 0.262 e. The maximum Gasteiger partial charge on any atom is 0.262 e. The van der Waals surface area contributed by atoms with Crippen molar-refractivity contribution in [1.29, 1.82) is 0 Å². The summed E-state index contributed by atoms with van der Waals surface area (Å²) in [5.41, 5.74) is 6.87. The molecule has 2 unspecified atom stereocenters. The van der Waals surface area contributed by atoms with Crippen molar-refractivity contribution >= 4 is 34.6 Å². The van der Waals surface area contributed by atoms with Gasteiger partial charge in [0.1, 0.15) is 11.6 Å². The zero-order valence-corrected chi connectivity index (χ0v) is 25.0. The molecule has 1 saturated heterocycles. The highest BCUT2D eigenvalue weighted by Gasteiger charge is 2.42. The first kappa shape index (κ1) is 28.1. The number of pyridine rings is 2. The molecular formula is C34H32N6O2S. The lowest BCUT2D eigenvalue weighted by atomic mass is 9.96. The Bertz CT molecular complexity index is 1760. The van der Waals surface area contributed by atoms with E-state index in [2.05, 4.69) is 58.0 Å². The van der Waals surface area contributed by atoms with Gasteiger partial charge in [0, 0.05) is 35.2 Å². The van der Waals surface area contributed by atoms with Gasteiger partial charge in [0.2, 0.25) is 0 Å². The van der Waals surface area contributed by atoms with Crippen LogP contribution in [0.1, 0.15) is 40.3 Å². The van der Waals surface area contributed by atoms with E-state index in [-0.39, 0.29) is 24.6 Å². The molecule has 6 rings (SSSR count). The molecule has 2 atom stereocenters. The zero-order valence-electron chi connectivity index (χ0n) is 24.2. The summed E-state index contributed by atoms with van der Waals surface area (Å²) in [5, 5.41) is 7.05. The van der Waals surface area contributed by atoms with Gasteiger partial charge in [-0.1, -0.05) is 30.3 Å². The minimum atomic E-state index is -0.236. The summed E-state index contributed by atoms with van der Waals surface area (Å²) in [6, 6.07) is 28.8. The highest BCUT2D eigenvalue weighted by molar-refractivity contribution is 7.80. The second-order valence-corrected chi connectivity index (χ2v) is 10.9. The van der Waals surface area contributed by atoms with Gasteiger partial charge >= 0.3 is 0 Å². The molecule has 4 heterocycles. The van der Waals surface area contributed by atoms with Crippen LogP contribution in [0.4, 0.5) is 11.4 Å². The predicted octanol–water partition coefficient (Wildman–Crippen LogP) is 6.39. The number of carbonyl (C=O) groups excluding carboxylic acids is 1. The molecule has 43 heavy (non-hydrogen) atoms. The highest BCUT2D eigenvalue weighted by Crippen LogP contribution is 2.44. The van der Waals surface area contributed by atoms with Crippen LogP contribution in [0.2, 0.25) is 0 Å². The molecule has 216 valence electrons. The number of aryl methyl sites for hydroxylation is 2. The molecule has 1 aliphatic rings. The number of aromatic nitrogens is 3. The Morgan fingerprint density at radius 1 is 0.930 bits per heavy atom. The van der Waals surface area contributed by atoms with Gasteiger partial charge in [-0.05, 0) is 105 Å².